The zero-order valence-corrected chi connectivity index (χ0v) is 8.71. The summed E-state index contributed by atoms with van der Waals surface area (Å²) >= 11 is 1.63. The molecule has 0 amide bonds. The highest BCUT2D eigenvalue weighted by Gasteiger charge is 2.37. The molecule has 0 radical (unpaired) electrons. The molecule has 1 aliphatic carbocycles. The van der Waals surface area contributed by atoms with Gasteiger partial charge in [0.15, 0.2) is 0 Å². The van der Waals surface area contributed by atoms with E-state index < -0.39 is 5.97 Å². The summed E-state index contributed by atoms with van der Waals surface area (Å²) in [4.78, 5) is 11.8. The molecule has 1 saturated carbocycles. The summed E-state index contributed by atoms with van der Waals surface area (Å²) in [5.41, 5.74) is 0. The molecule has 0 bridgehead atoms. The fourth-order valence-corrected chi connectivity index (χ4v) is 2.90. The van der Waals surface area contributed by atoms with E-state index in [0.717, 1.165) is 23.5 Å². The molecule has 0 spiro atoms. The number of carboxylic acid groups (broad SMARTS) is 1. The molecule has 1 aromatic rings. The number of hydrogen-bond donors (Lipinski definition) is 1. The molecule has 76 valence electrons. The van der Waals surface area contributed by atoms with Gasteiger partial charge in [0.1, 0.15) is 5.76 Å². The lowest BCUT2D eigenvalue weighted by atomic mass is 9.85. The Kier molecular flexibility index (Phi) is 2.54. The van der Waals surface area contributed by atoms with Crippen molar-refractivity contribution in [2.75, 3.05) is 0 Å². The van der Waals surface area contributed by atoms with E-state index in [-0.39, 0.29) is 11.2 Å². The largest absolute Gasteiger partial charge is 0.481 e. The van der Waals surface area contributed by atoms with Crippen molar-refractivity contribution in [1.29, 1.82) is 0 Å². The lowest BCUT2D eigenvalue weighted by molar-refractivity contribution is -0.144. The molecule has 0 aromatic carbocycles. The standard InChI is InChI=1S/C10H12O3S/c1-6-8(4-5-13-6)14-9-3-2-7(9)10(11)12/h4-5,7,9H,2-3H2,1H3,(H,11,12). The van der Waals surface area contributed by atoms with Gasteiger partial charge in [-0.2, -0.15) is 0 Å². The minimum absolute atomic E-state index is 0.172. The number of rotatable bonds is 3. The Labute approximate surface area is 86.5 Å². The number of thioether (sulfide) groups is 1. The summed E-state index contributed by atoms with van der Waals surface area (Å²) in [6.07, 6.45) is 3.45. The van der Waals surface area contributed by atoms with Crippen molar-refractivity contribution >= 4 is 17.7 Å². The van der Waals surface area contributed by atoms with Gasteiger partial charge in [0.05, 0.1) is 12.2 Å². The van der Waals surface area contributed by atoms with Crippen molar-refractivity contribution in [2.24, 2.45) is 5.92 Å². The average Bonchev–Trinajstić information content (AvgIpc) is 2.44. The number of aliphatic carboxylic acids is 1. The van der Waals surface area contributed by atoms with Crippen molar-refractivity contribution in [3.8, 4) is 0 Å². The molecule has 0 saturated heterocycles. The van der Waals surface area contributed by atoms with E-state index in [9.17, 15) is 4.79 Å². The van der Waals surface area contributed by atoms with Gasteiger partial charge in [0, 0.05) is 10.1 Å². The summed E-state index contributed by atoms with van der Waals surface area (Å²) in [7, 11) is 0. The average molecular weight is 212 g/mol. The topological polar surface area (TPSA) is 50.4 Å². The first-order valence-corrected chi connectivity index (χ1v) is 5.50. The van der Waals surface area contributed by atoms with E-state index in [2.05, 4.69) is 0 Å². The van der Waals surface area contributed by atoms with E-state index in [1.807, 2.05) is 13.0 Å². The summed E-state index contributed by atoms with van der Waals surface area (Å²) in [6, 6.07) is 1.90. The van der Waals surface area contributed by atoms with Crippen molar-refractivity contribution < 1.29 is 14.3 Å². The molecule has 1 fully saturated rings. The van der Waals surface area contributed by atoms with Crippen LogP contribution >= 0.6 is 11.8 Å². The van der Waals surface area contributed by atoms with Crippen molar-refractivity contribution in [1.82, 2.24) is 0 Å². The quantitative estimate of drug-likeness (QED) is 0.836. The Bertz CT molecular complexity index is 345. The normalized spacial score (nSPS) is 25.8. The second-order valence-corrected chi connectivity index (χ2v) is 4.80. The predicted molar refractivity (Wildman–Crippen MR) is 53.4 cm³/mol. The Balaban J connectivity index is 1.99. The fourth-order valence-electron chi connectivity index (χ4n) is 1.55. The predicted octanol–water partition coefficient (Wildman–Crippen LogP) is 2.54. The van der Waals surface area contributed by atoms with Crippen LogP contribution in [0.3, 0.4) is 0 Å². The zero-order valence-electron chi connectivity index (χ0n) is 7.90. The van der Waals surface area contributed by atoms with Crippen molar-refractivity contribution in [2.45, 2.75) is 29.9 Å². The number of carboxylic acids is 1. The first kappa shape index (κ1) is 9.65. The maximum Gasteiger partial charge on any atom is 0.307 e. The number of furan rings is 1. The molecule has 1 heterocycles. The van der Waals surface area contributed by atoms with Crippen LogP contribution in [0, 0.1) is 12.8 Å². The maximum absolute atomic E-state index is 10.8. The van der Waals surface area contributed by atoms with Gasteiger partial charge in [-0.05, 0) is 25.8 Å². The molecule has 0 aliphatic heterocycles. The molecule has 2 rings (SSSR count). The minimum Gasteiger partial charge on any atom is -0.481 e. The lowest BCUT2D eigenvalue weighted by Crippen LogP contribution is -2.35. The van der Waals surface area contributed by atoms with E-state index in [1.54, 1.807) is 18.0 Å². The maximum atomic E-state index is 10.8. The molecule has 4 heteroatoms. The minimum atomic E-state index is -0.671. The number of hydrogen-bond acceptors (Lipinski definition) is 3. The van der Waals surface area contributed by atoms with Gasteiger partial charge >= 0.3 is 5.97 Å². The van der Waals surface area contributed by atoms with Crippen LogP contribution in [-0.2, 0) is 4.79 Å². The third-order valence-electron chi connectivity index (χ3n) is 2.62. The van der Waals surface area contributed by atoms with Crippen LogP contribution < -0.4 is 0 Å². The Morgan fingerprint density at radius 1 is 1.64 bits per heavy atom. The first-order chi connectivity index (χ1) is 6.68. The smallest absolute Gasteiger partial charge is 0.307 e. The monoisotopic (exact) mass is 212 g/mol. The SMILES string of the molecule is Cc1occc1SC1CCC1C(=O)O. The molecule has 14 heavy (non-hydrogen) atoms. The van der Waals surface area contributed by atoms with E-state index in [4.69, 9.17) is 9.52 Å². The third kappa shape index (κ3) is 1.66. The Hall–Kier alpha value is -0.900. The molecule has 2 atom stereocenters. The summed E-state index contributed by atoms with van der Waals surface area (Å²) in [5, 5.41) is 9.09. The summed E-state index contributed by atoms with van der Waals surface area (Å²) in [6.45, 7) is 1.90. The molecule has 2 unspecified atom stereocenters. The second kappa shape index (κ2) is 3.69. The third-order valence-corrected chi connectivity index (χ3v) is 4.16. The highest BCUT2D eigenvalue weighted by Crippen LogP contribution is 2.42. The van der Waals surface area contributed by atoms with Crippen LogP contribution in [0.1, 0.15) is 18.6 Å². The van der Waals surface area contributed by atoms with Crippen LogP contribution in [0.4, 0.5) is 0 Å². The van der Waals surface area contributed by atoms with Crippen LogP contribution in [0.15, 0.2) is 21.6 Å². The first-order valence-electron chi connectivity index (χ1n) is 4.62. The fraction of sp³-hybridized carbons (Fsp3) is 0.500. The van der Waals surface area contributed by atoms with Crippen LogP contribution in [0.2, 0.25) is 0 Å². The van der Waals surface area contributed by atoms with Gasteiger partial charge < -0.3 is 9.52 Å². The van der Waals surface area contributed by atoms with Gasteiger partial charge in [0.2, 0.25) is 0 Å². The van der Waals surface area contributed by atoms with E-state index >= 15 is 0 Å². The number of aryl methyl sites for hydroxylation is 1. The van der Waals surface area contributed by atoms with Gasteiger partial charge in [-0.25, -0.2) is 0 Å². The van der Waals surface area contributed by atoms with Crippen LogP contribution in [0.25, 0.3) is 0 Å². The van der Waals surface area contributed by atoms with Crippen molar-refractivity contribution in [3.05, 3.63) is 18.1 Å². The Morgan fingerprint density at radius 2 is 2.43 bits per heavy atom. The van der Waals surface area contributed by atoms with Gasteiger partial charge in [-0.1, -0.05) is 0 Å². The summed E-state index contributed by atoms with van der Waals surface area (Å²) < 4.78 is 5.16. The van der Waals surface area contributed by atoms with Crippen LogP contribution in [0.5, 0.6) is 0 Å². The van der Waals surface area contributed by atoms with Crippen LogP contribution in [-0.4, -0.2) is 16.3 Å². The number of carbonyl (C=O) groups is 1. The Morgan fingerprint density at radius 3 is 2.86 bits per heavy atom. The summed E-state index contributed by atoms with van der Waals surface area (Å²) in [5.74, 6) is 0.0373. The second-order valence-electron chi connectivity index (χ2n) is 3.52. The van der Waals surface area contributed by atoms with Gasteiger partial charge in [-0.3, -0.25) is 4.79 Å². The van der Waals surface area contributed by atoms with Gasteiger partial charge in [-0.15, -0.1) is 11.8 Å². The lowest BCUT2D eigenvalue weighted by Gasteiger charge is -2.32. The highest BCUT2D eigenvalue weighted by molar-refractivity contribution is 8.00. The molecular weight excluding hydrogens is 200 g/mol. The van der Waals surface area contributed by atoms with E-state index in [0.29, 0.717) is 0 Å². The van der Waals surface area contributed by atoms with Crippen molar-refractivity contribution in [3.63, 3.8) is 0 Å². The molecule has 1 N–H and O–H groups in total. The molecule has 3 nitrogen and oxygen atoms in total. The zero-order chi connectivity index (χ0) is 10.1. The highest BCUT2D eigenvalue weighted by atomic mass is 32.2. The molecular formula is C10H12O3S. The molecule has 1 aromatic heterocycles. The van der Waals surface area contributed by atoms with E-state index in [1.165, 1.54) is 0 Å². The van der Waals surface area contributed by atoms with Gasteiger partial charge in [0.25, 0.3) is 0 Å². The molecule has 1 aliphatic rings.